The maximum atomic E-state index is 9.77. The first-order chi connectivity index (χ1) is 11.7. The maximum Gasteiger partial charge on any atom is 0.114 e. The summed E-state index contributed by atoms with van der Waals surface area (Å²) in [7, 11) is 0. The molecule has 5 nitrogen and oxygen atoms in total. The molecule has 0 bridgehead atoms. The van der Waals surface area contributed by atoms with Crippen LogP contribution in [0.1, 0.15) is 64.7 Å². The molecule has 1 heterocycles. The van der Waals surface area contributed by atoms with Gasteiger partial charge in [-0.05, 0) is 12.8 Å². The number of aliphatic hydroxyl groups excluding tert-OH is 3. The zero-order valence-electron chi connectivity index (χ0n) is 15.1. The van der Waals surface area contributed by atoms with E-state index in [4.69, 9.17) is 9.47 Å². The number of rotatable bonds is 14. The molecule has 0 saturated carbocycles. The molecule has 0 spiro atoms. The Kier molecular flexibility index (Phi) is 12.4. The molecular formula is C19H36O5. The van der Waals surface area contributed by atoms with E-state index in [0.29, 0.717) is 6.61 Å². The summed E-state index contributed by atoms with van der Waals surface area (Å²) in [5.41, 5.74) is 0. The Bertz CT molecular complexity index is 321. The first-order valence-electron chi connectivity index (χ1n) is 9.55. The lowest BCUT2D eigenvalue weighted by molar-refractivity contribution is -0.0942. The molecule has 0 amide bonds. The average molecular weight is 344 g/mol. The van der Waals surface area contributed by atoms with E-state index in [2.05, 4.69) is 13.0 Å². The van der Waals surface area contributed by atoms with Gasteiger partial charge >= 0.3 is 0 Å². The Morgan fingerprint density at radius 2 is 1.71 bits per heavy atom. The van der Waals surface area contributed by atoms with Crippen LogP contribution >= 0.6 is 0 Å². The SMILES string of the molecule is CCCCCCCCCC/C=C/CO[C@H](CO)[C@H]1OC[C@H](O)[C@H]1O. The summed E-state index contributed by atoms with van der Waals surface area (Å²) in [6.07, 6.45) is 12.5. The van der Waals surface area contributed by atoms with Crippen molar-refractivity contribution in [2.75, 3.05) is 19.8 Å². The predicted molar refractivity (Wildman–Crippen MR) is 94.9 cm³/mol. The van der Waals surface area contributed by atoms with Gasteiger partial charge in [0.1, 0.15) is 24.4 Å². The van der Waals surface area contributed by atoms with Crippen LogP contribution in [-0.4, -0.2) is 59.6 Å². The Morgan fingerprint density at radius 3 is 2.29 bits per heavy atom. The quantitative estimate of drug-likeness (QED) is 0.333. The lowest BCUT2D eigenvalue weighted by Gasteiger charge is -2.23. The van der Waals surface area contributed by atoms with Crippen LogP contribution in [0.15, 0.2) is 12.2 Å². The molecule has 0 aromatic rings. The van der Waals surface area contributed by atoms with Crippen molar-refractivity contribution in [3.63, 3.8) is 0 Å². The van der Waals surface area contributed by atoms with E-state index in [1.54, 1.807) is 0 Å². The zero-order chi connectivity index (χ0) is 17.6. The largest absolute Gasteiger partial charge is 0.394 e. The molecule has 0 radical (unpaired) electrons. The summed E-state index contributed by atoms with van der Waals surface area (Å²) in [5, 5.41) is 28.6. The van der Waals surface area contributed by atoms with Gasteiger partial charge in [-0.1, -0.05) is 64.0 Å². The molecule has 3 N–H and O–H groups in total. The predicted octanol–water partition coefficient (Wildman–Crippen LogP) is 2.57. The molecule has 24 heavy (non-hydrogen) atoms. The van der Waals surface area contributed by atoms with Crippen molar-refractivity contribution in [3.8, 4) is 0 Å². The number of hydrogen-bond donors (Lipinski definition) is 3. The van der Waals surface area contributed by atoms with E-state index in [9.17, 15) is 15.3 Å². The fourth-order valence-corrected chi connectivity index (χ4v) is 2.97. The number of allylic oxidation sites excluding steroid dienone is 1. The summed E-state index contributed by atoms with van der Waals surface area (Å²) < 4.78 is 10.8. The van der Waals surface area contributed by atoms with Crippen LogP contribution in [0.4, 0.5) is 0 Å². The summed E-state index contributed by atoms with van der Waals surface area (Å²) >= 11 is 0. The first-order valence-corrected chi connectivity index (χ1v) is 9.55. The van der Waals surface area contributed by atoms with Crippen LogP contribution in [-0.2, 0) is 9.47 Å². The monoisotopic (exact) mass is 344 g/mol. The highest BCUT2D eigenvalue weighted by Crippen LogP contribution is 2.19. The molecule has 1 aliphatic rings. The Labute approximate surface area is 146 Å². The van der Waals surface area contributed by atoms with Gasteiger partial charge in [-0.2, -0.15) is 0 Å². The third kappa shape index (κ3) is 8.58. The Hall–Kier alpha value is -0.460. The fraction of sp³-hybridized carbons (Fsp3) is 0.895. The van der Waals surface area contributed by atoms with Crippen LogP contribution in [0, 0.1) is 0 Å². The highest BCUT2D eigenvalue weighted by molar-refractivity contribution is 4.89. The zero-order valence-corrected chi connectivity index (χ0v) is 15.1. The molecular weight excluding hydrogens is 308 g/mol. The molecule has 1 rings (SSSR count). The van der Waals surface area contributed by atoms with Crippen LogP contribution in [0.5, 0.6) is 0 Å². The van der Waals surface area contributed by atoms with Crippen LogP contribution in [0.3, 0.4) is 0 Å². The van der Waals surface area contributed by atoms with E-state index in [0.717, 1.165) is 6.42 Å². The molecule has 5 heteroatoms. The van der Waals surface area contributed by atoms with Crippen molar-refractivity contribution in [2.24, 2.45) is 0 Å². The van der Waals surface area contributed by atoms with Gasteiger partial charge in [-0.25, -0.2) is 0 Å². The third-order valence-corrected chi connectivity index (χ3v) is 4.53. The summed E-state index contributed by atoms with van der Waals surface area (Å²) in [6.45, 7) is 2.47. The molecule has 0 aliphatic carbocycles. The highest BCUT2D eigenvalue weighted by atomic mass is 16.6. The standard InChI is InChI=1S/C19H36O5/c1-2-3-4-5-6-7-8-9-10-11-12-13-23-17(14-20)19-18(22)16(21)15-24-19/h11-12,16-22H,2-10,13-15H2,1H3/b12-11+/t16-,17+,18+,19+/m0/s1. The van der Waals surface area contributed by atoms with Gasteiger partial charge in [0.15, 0.2) is 0 Å². The molecule has 1 saturated heterocycles. The van der Waals surface area contributed by atoms with E-state index >= 15 is 0 Å². The van der Waals surface area contributed by atoms with Gasteiger partial charge in [-0.3, -0.25) is 0 Å². The van der Waals surface area contributed by atoms with Crippen molar-refractivity contribution >= 4 is 0 Å². The second-order valence-corrected chi connectivity index (χ2v) is 6.65. The smallest absolute Gasteiger partial charge is 0.114 e. The van der Waals surface area contributed by atoms with Gasteiger partial charge < -0.3 is 24.8 Å². The first kappa shape index (κ1) is 21.6. The third-order valence-electron chi connectivity index (χ3n) is 4.53. The summed E-state index contributed by atoms with van der Waals surface area (Å²) in [6, 6.07) is 0. The molecule has 142 valence electrons. The van der Waals surface area contributed by atoms with Gasteiger partial charge in [0.2, 0.25) is 0 Å². The van der Waals surface area contributed by atoms with E-state index in [1.807, 2.05) is 6.08 Å². The van der Waals surface area contributed by atoms with Gasteiger partial charge in [0.25, 0.3) is 0 Å². The number of unbranched alkanes of at least 4 members (excludes halogenated alkanes) is 8. The van der Waals surface area contributed by atoms with Gasteiger partial charge in [0, 0.05) is 0 Å². The Morgan fingerprint density at radius 1 is 1.04 bits per heavy atom. The van der Waals surface area contributed by atoms with Crippen molar-refractivity contribution in [3.05, 3.63) is 12.2 Å². The second kappa shape index (κ2) is 13.8. The number of aliphatic hydroxyl groups is 3. The van der Waals surface area contributed by atoms with Crippen LogP contribution in [0.25, 0.3) is 0 Å². The topological polar surface area (TPSA) is 79.2 Å². The van der Waals surface area contributed by atoms with E-state index in [1.165, 1.54) is 51.4 Å². The minimum Gasteiger partial charge on any atom is -0.394 e. The van der Waals surface area contributed by atoms with Crippen LogP contribution in [0.2, 0.25) is 0 Å². The molecule has 0 unspecified atom stereocenters. The average Bonchev–Trinajstić information content (AvgIpc) is 2.92. The minimum absolute atomic E-state index is 0.0833. The normalized spacial score (nSPS) is 25.6. The Balaban J connectivity index is 2.00. The summed E-state index contributed by atoms with van der Waals surface area (Å²) in [5.74, 6) is 0. The number of hydrogen-bond acceptors (Lipinski definition) is 5. The van der Waals surface area contributed by atoms with Crippen molar-refractivity contribution in [2.45, 2.75) is 89.1 Å². The minimum atomic E-state index is -0.997. The number of ether oxygens (including phenoxy) is 2. The second-order valence-electron chi connectivity index (χ2n) is 6.65. The van der Waals surface area contributed by atoms with Crippen molar-refractivity contribution in [1.29, 1.82) is 0 Å². The van der Waals surface area contributed by atoms with E-state index < -0.39 is 24.4 Å². The van der Waals surface area contributed by atoms with Crippen LogP contribution < -0.4 is 0 Å². The lowest BCUT2D eigenvalue weighted by atomic mass is 10.1. The highest BCUT2D eigenvalue weighted by Gasteiger charge is 2.40. The molecule has 1 fully saturated rings. The lowest BCUT2D eigenvalue weighted by Crippen LogP contribution is -2.42. The van der Waals surface area contributed by atoms with Crippen molar-refractivity contribution < 1.29 is 24.8 Å². The molecule has 0 aromatic carbocycles. The van der Waals surface area contributed by atoms with E-state index in [-0.39, 0.29) is 13.2 Å². The fourth-order valence-electron chi connectivity index (χ4n) is 2.97. The van der Waals surface area contributed by atoms with Gasteiger partial charge in [-0.15, -0.1) is 0 Å². The summed E-state index contributed by atoms with van der Waals surface area (Å²) in [4.78, 5) is 0. The molecule has 4 atom stereocenters. The van der Waals surface area contributed by atoms with Gasteiger partial charge in [0.05, 0.1) is 19.8 Å². The molecule has 1 aliphatic heterocycles. The molecule has 0 aromatic heterocycles. The van der Waals surface area contributed by atoms with Crippen molar-refractivity contribution in [1.82, 2.24) is 0 Å². The maximum absolute atomic E-state index is 9.77.